The van der Waals surface area contributed by atoms with E-state index in [2.05, 4.69) is 57.2 Å². The average molecular weight is 975 g/mol. The van der Waals surface area contributed by atoms with E-state index in [-0.39, 0.29) is 5.56 Å². The number of rotatable bonds is 14. The summed E-state index contributed by atoms with van der Waals surface area (Å²) in [4.78, 5) is 0. The SMILES string of the molecule is C/C=C/C1CCC(C2CCC(CCC)CC2)CC1.C=CC1CCC(C2CCC(CCC)CC2)CC1.CCCC1CCC(c2ccc(-c3cc(F)c(-c4ccc(OC(F)(F)F)c(F)c4)c(F)c3)cc2)CC1. The van der Waals surface area contributed by atoms with Crippen LogP contribution in [0.25, 0.3) is 22.3 Å². The van der Waals surface area contributed by atoms with Crippen LogP contribution in [0.15, 0.2) is 79.4 Å². The average Bonchev–Trinajstić information content (AvgIpc) is 3.36. The quantitative estimate of drug-likeness (QED) is 0.116. The summed E-state index contributed by atoms with van der Waals surface area (Å²) in [5.41, 5.74) is 1.43. The Hall–Kier alpha value is -3.48. The Kier molecular flexibility index (Phi) is 22.4. The van der Waals surface area contributed by atoms with Gasteiger partial charge in [0.15, 0.2) is 11.6 Å². The zero-order valence-electron chi connectivity index (χ0n) is 43.5. The van der Waals surface area contributed by atoms with E-state index < -0.39 is 35.1 Å². The Bertz CT molecular complexity index is 1970. The van der Waals surface area contributed by atoms with Crippen LogP contribution < -0.4 is 4.74 Å². The summed E-state index contributed by atoms with van der Waals surface area (Å²) in [5.74, 6) is 5.16. The van der Waals surface area contributed by atoms with Gasteiger partial charge in [-0.2, -0.15) is 0 Å². The van der Waals surface area contributed by atoms with E-state index in [1.807, 2.05) is 24.3 Å². The molecule has 5 aliphatic carbocycles. The molecule has 7 heteroatoms. The minimum absolute atomic E-state index is 0.229. The lowest BCUT2D eigenvalue weighted by atomic mass is 9.69. The lowest BCUT2D eigenvalue weighted by Gasteiger charge is -2.37. The van der Waals surface area contributed by atoms with Gasteiger partial charge < -0.3 is 4.74 Å². The summed E-state index contributed by atoms with van der Waals surface area (Å²) in [6.07, 6.45) is 38.8. The van der Waals surface area contributed by atoms with Crippen LogP contribution in [0.2, 0.25) is 0 Å². The first-order chi connectivity index (χ1) is 33.8. The molecule has 0 aromatic heterocycles. The number of alkyl halides is 3. The van der Waals surface area contributed by atoms with Gasteiger partial charge in [-0.05, 0) is 215 Å². The van der Waals surface area contributed by atoms with E-state index in [9.17, 15) is 26.3 Å². The summed E-state index contributed by atoms with van der Waals surface area (Å²) in [7, 11) is 0. The van der Waals surface area contributed by atoms with E-state index in [1.165, 1.54) is 147 Å². The number of hydrogen-bond acceptors (Lipinski definition) is 1. The van der Waals surface area contributed by atoms with Crippen molar-refractivity contribution in [2.45, 2.75) is 207 Å². The summed E-state index contributed by atoms with van der Waals surface area (Å²) < 4.78 is 84.4. The van der Waals surface area contributed by atoms with Gasteiger partial charge in [-0.25, -0.2) is 13.2 Å². The molecule has 0 radical (unpaired) electrons. The first kappa shape index (κ1) is 55.8. The van der Waals surface area contributed by atoms with Crippen molar-refractivity contribution >= 4 is 0 Å². The Labute approximate surface area is 420 Å². The third kappa shape index (κ3) is 16.8. The molecular formula is C63H88F6O. The summed E-state index contributed by atoms with van der Waals surface area (Å²) in [5, 5.41) is 0. The van der Waals surface area contributed by atoms with E-state index >= 15 is 0 Å². The van der Waals surface area contributed by atoms with E-state index in [0.717, 1.165) is 84.3 Å². The predicted octanol–water partition coefficient (Wildman–Crippen LogP) is 21.0. The van der Waals surface area contributed by atoms with Gasteiger partial charge in [0.2, 0.25) is 0 Å². The second-order valence-corrected chi connectivity index (χ2v) is 22.4. The highest BCUT2D eigenvalue weighted by Gasteiger charge is 2.34. The van der Waals surface area contributed by atoms with Gasteiger partial charge in [-0.1, -0.05) is 134 Å². The maximum atomic E-state index is 14.9. The van der Waals surface area contributed by atoms with Gasteiger partial charge in [0.05, 0.1) is 5.56 Å². The van der Waals surface area contributed by atoms with Crippen LogP contribution in [-0.4, -0.2) is 6.36 Å². The highest BCUT2D eigenvalue weighted by Crippen LogP contribution is 2.45. The molecule has 3 aromatic rings. The monoisotopic (exact) mass is 975 g/mol. The summed E-state index contributed by atoms with van der Waals surface area (Å²) in [6.45, 7) is 13.0. The minimum atomic E-state index is -5.08. The van der Waals surface area contributed by atoms with Crippen molar-refractivity contribution in [1.29, 1.82) is 0 Å². The molecular weight excluding hydrogens is 887 g/mol. The molecule has 3 aromatic carbocycles. The zero-order chi connectivity index (χ0) is 50.0. The van der Waals surface area contributed by atoms with E-state index in [0.29, 0.717) is 29.2 Å². The maximum Gasteiger partial charge on any atom is 0.573 e. The fraction of sp³-hybridized carbons (Fsp3) is 0.651. The first-order valence-corrected chi connectivity index (χ1v) is 28.2. The topological polar surface area (TPSA) is 9.23 Å². The van der Waals surface area contributed by atoms with Crippen LogP contribution in [0.4, 0.5) is 26.3 Å². The van der Waals surface area contributed by atoms with Gasteiger partial charge in [0, 0.05) is 0 Å². The molecule has 0 atom stereocenters. The van der Waals surface area contributed by atoms with E-state index in [4.69, 9.17) is 0 Å². The molecule has 0 saturated heterocycles. The minimum Gasteiger partial charge on any atom is -0.403 e. The Balaban J connectivity index is 0.000000192. The molecule has 70 heavy (non-hydrogen) atoms. The van der Waals surface area contributed by atoms with Crippen molar-refractivity contribution in [3.05, 3.63) is 102 Å². The molecule has 5 aliphatic rings. The molecule has 5 saturated carbocycles. The fourth-order valence-corrected chi connectivity index (χ4v) is 13.7. The molecule has 0 spiro atoms. The molecule has 8 rings (SSSR count). The van der Waals surface area contributed by atoms with Crippen molar-refractivity contribution in [3.63, 3.8) is 0 Å². The summed E-state index contributed by atoms with van der Waals surface area (Å²) >= 11 is 0. The van der Waals surface area contributed by atoms with Gasteiger partial charge in [-0.15, -0.1) is 19.8 Å². The molecule has 0 amide bonds. The normalized spacial score (nSPS) is 28.5. The Morgan fingerprint density at radius 3 is 1.30 bits per heavy atom. The lowest BCUT2D eigenvalue weighted by Crippen LogP contribution is -2.25. The van der Waals surface area contributed by atoms with Gasteiger partial charge in [-0.3, -0.25) is 0 Å². The molecule has 388 valence electrons. The second kappa shape index (κ2) is 28.1. The second-order valence-electron chi connectivity index (χ2n) is 22.4. The van der Waals surface area contributed by atoms with Gasteiger partial charge >= 0.3 is 6.36 Å². The number of halogens is 6. The van der Waals surface area contributed by atoms with Gasteiger partial charge in [0.25, 0.3) is 0 Å². The molecule has 0 heterocycles. The van der Waals surface area contributed by atoms with Crippen molar-refractivity contribution in [2.75, 3.05) is 0 Å². The third-order valence-corrected chi connectivity index (χ3v) is 17.7. The predicted molar refractivity (Wildman–Crippen MR) is 280 cm³/mol. The Morgan fingerprint density at radius 2 is 0.900 bits per heavy atom. The maximum absolute atomic E-state index is 14.9. The summed E-state index contributed by atoms with van der Waals surface area (Å²) in [6, 6.07) is 12.2. The van der Waals surface area contributed by atoms with Crippen molar-refractivity contribution in [2.24, 2.45) is 53.3 Å². The first-order valence-electron chi connectivity index (χ1n) is 28.2. The van der Waals surface area contributed by atoms with Gasteiger partial charge in [0.1, 0.15) is 11.6 Å². The highest BCUT2D eigenvalue weighted by atomic mass is 19.4. The largest absolute Gasteiger partial charge is 0.573 e. The standard InChI is InChI=1S/C28H26F6O.C18H32.C17H30/c1-2-3-17-4-6-18(7-5-17)19-8-10-20(11-9-19)22-15-24(30)27(25(31)16-22)21-12-13-26(23(29)14-21)35-28(32,33)34;1-3-5-15-7-11-17(12-8-15)18-13-9-16(6-4-2)10-14-18;1-3-5-15-8-12-17(13-9-15)16-10-6-14(4-2)7-11-16/h8-18H,2-7H2,1H3;3,5,15-18H,4,6-14H2,1-2H3;4,14-17H,2-3,5-13H2,1H3/b;5-3+;. The molecule has 0 N–H and O–H groups in total. The Morgan fingerprint density at radius 1 is 0.500 bits per heavy atom. The number of benzene rings is 3. The van der Waals surface area contributed by atoms with Crippen LogP contribution in [0.3, 0.4) is 0 Å². The van der Waals surface area contributed by atoms with Crippen LogP contribution in [-0.2, 0) is 0 Å². The molecule has 0 unspecified atom stereocenters. The number of allylic oxidation sites excluding steroid dienone is 3. The van der Waals surface area contributed by atoms with Crippen molar-refractivity contribution in [1.82, 2.24) is 0 Å². The molecule has 0 bridgehead atoms. The molecule has 0 aliphatic heterocycles. The molecule has 5 fully saturated rings. The van der Waals surface area contributed by atoms with Crippen LogP contribution in [0.5, 0.6) is 5.75 Å². The zero-order valence-corrected chi connectivity index (χ0v) is 43.5. The van der Waals surface area contributed by atoms with Crippen molar-refractivity contribution in [3.8, 4) is 28.0 Å². The smallest absolute Gasteiger partial charge is 0.403 e. The number of hydrogen-bond donors (Lipinski definition) is 0. The van der Waals surface area contributed by atoms with E-state index in [1.54, 1.807) is 12.8 Å². The highest BCUT2D eigenvalue weighted by molar-refractivity contribution is 5.72. The van der Waals surface area contributed by atoms with Crippen LogP contribution in [0.1, 0.15) is 206 Å². The van der Waals surface area contributed by atoms with Crippen molar-refractivity contribution < 1.29 is 31.1 Å². The number of ether oxygens (including phenoxy) is 1. The van der Waals surface area contributed by atoms with Crippen LogP contribution in [0, 0.1) is 70.7 Å². The third-order valence-electron chi connectivity index (χ3n) is 17.7. The fourth-order valence-electron chi connectivity index (χ4n) is 13.7. The van der Waals surface area contributed by atoms with Crippen LogP contribution >= 0.6 is 0 Å². The molecule has 1 nitrogen and oxygen atoms in total. The lowest BCUT2D eigenvalue weighted by molar-refractivity contribution is -0.275.